The number of rotatable bonds is 7. The van der Waals surface area contributed by atoms with Gasteiger partial charge in [-0.25, -0.2) is 4.99 Å². The van der Waals surface area contributed by atoms with Crippen molar-refractivity contribution in [1.82, 2.24) is 15.5 Å². The molecule has 0 saturated heterocycles. The van der Waals surface area contributed by atoms with Gasteiger partial charge in [0.15, 0.2) is 5.96 Å². The second kappa shape index (κ2) is 12.9. The van der Waals surface area contributed by atoms with Crippen LogP contribution in [0, 0.1) is 5.92 Å². The molecule has 0 heterocycles. The van der Waals surface area contributed by atoms with Crippen LogP contribution in [-0.4, -0.2) is 64.2 Å². The highest BCUT2D eigenvalue weighted by molar-refractivity contribution is 14.0. The number of hydrogen-bond acceptors (Lipinski definition) is 3. The largest absolute Gasteiger partial charge is 0.383 e. The molecule has 1 aliphatic rings. The molecule has 0 bridgehead atoms. The number of carbonyl (C=O) groups is 1. The van der Waals surface area contributed by atoms with E-state index < -0.39 is 0 Å². The summed E-state index contributed by atoms with van der Waals surface area (Å²) in [5.41, 5.74) is 0. The van der Waals surface area contributed by atoms with Crippen molar-refractivity contribution in [2.24, 2.45) is 10.9 Å². The molecule has 22 heavy (non-hydrogen) atoms. The number of guanidine groups is 1. The van der Waals surface area contributed by atoms with E-state index in [4.69, 9.17) is 4.74 Å². The third kappa shape index (κ3) is 9.45. The van der Waals surface area contributed by atoms with E-state index in [0.717, 1.165) is 12.5 Å². The van der Waals surface area contributed by atoms with Gasteiger partial charge in [-0.3, -0.25) is 4.79 Å². The van der Waals surface area contributed by atoms with Gasteiger partial charge in [0, 0.05) is 34.3 Å². The van der Waals surface area contributed by atoms with Crippen molar-refractivity contribution in [3.8, 4) is 0 Å². The molecule has 2 N–H and O–H groups in total. The van der Waals surface area contributed by atoms with Gasteiger partial charge < -0.3 is 20.3 Å². The summed E-state index contributed by atoms with van der Waals surface area (Å²) < 4.78 is 5.03. The quantitative estimate of drug-likeness (QED) is 0.280. The van der Waals surface area contributed by atoms with Crippen molar-refractivity contribution >= 4 is 35.8 Å². The molecule has 0 aromatic carbocycles. The molecular weight excluding hydrogens is 395 g/mol. The zero-order valence-corrected chi connectivity index (χ0v) is 16.4. The fourth-order valence-electron chi connectivity index (χ4n) is 2.37. The lowest BCUT2D eigenvalue weighted by Gasteiger charge is -2.23. The van der Waals surface area contributed by atoms with Crippen molar-refractivity contribution in [3.63, 3.8) is 0 Å². The highest BCUT2D eigenvalue weighted by Gasteiger charge is 2.13. The molecule has 1 saturated carbocycles. The van der Waals surface area contributed by atoms with Gasteiger partial charge in [0.05, 0.1) is 6.61 Å². The number of carbonyl (C=O) groups excluding carboxylic acids is 1. The van der Waals surface area contributed by atoms with Crippen LogP contribution in [0.5, 0.6) is 0 Å². The van der Waals surface area contributed by atoms with E-state index in [1.54, 1.807) is 26.1 Å². The van der Waals surface area contributed by atoms with Gasteiger partial charge in [0.1, 0.15) is 6.54 Å². The van der Waals surface area contributed by atoms with E-state index in [1.807, 2.05) is 0 Å². The SMILES string of the molecule is COCCNC(=NCC(=O)N(C)C)NCC1CCCCC1.I. The Morgan fingerprint density at radius 2 is 1.91 bits per heavy atom. The van der Waals surface area contributed by atoms with Gasteiger partial charge in [-0.1, -0.05) is 19.3 Å². The topological polar surface area (TPSA) is 66.0 Å². The predicted octanol–water partition coefficient (Wildman–Crippen LogP) is 1.45. The Hall–Kier alpha value is -0.570. The van der Waals surface area contributed by atoms with E-state index in [9.17, 15) is 4.79 Å². The number of nitrogens with one attached hydrogen (secondary N) is 2. The zero-order chi connectivity index (χ0) is 15.5. The highest BCUT2D eigenvalue weighted by atomic mass is 127. The Morgan fingerprint density at radius 1 is 1.23 bits per heavy atom. The first-order valence-electron chi connectivity index (χ1n) is 7.84. The lowest BCUT2D eigenvalue weighted by molar-refractivity contribution is -0.127. The fraction of sp³-hybridized carbons (Fsp3) is 0.867. The normalized spacial score (nSPS) is 15.9. The maximum Gasteiger partial charge on any atom is 0.243 e. The summed E-state index contributed by atoms with van der Waals surface area (Å²) in [4.78, 5) is 17.5. The minimum absolute atomic E-state index is 0. The van der Waals surface area contributed by atoms with Crippen LogP contribution in [0.3, 0.4) is 0 Å². The number of aliphatic imine (C=N–C) groups is 1. The maximum absolute atomic E-state index is 11.6. The minimum atomic E-state index is 0. The summed E-state index contributed by atoms with van der Waals surface area (Å²) in [5, 5.41) is 6.55. The van der Waals surface area contributed by atoms with Gasteiger partial charge in [-0.15, -0.1) is 24.0 Å². The number of hydrogen-bond donors (Lipinski definition) is 2. The van der Waals surface area contributed by atoms with Gasteiger partial charge in [0.25, 0.3) is 0 Å². The molecule has 0 atom stereocenters. The van der Waals surface area contributed by atoms with Crippen molar-refractivity contribution in [2.75, 3.05) is 47.4 Å². The Balaban J connectivity index is 0.00000441. The van der Waals surface area contributed by atoms with Crippen LogP contribution in [-0.2, 0) is 9.53 Å². The monoisotopic (exact) mass is 426 g/mol. The lowest BCUT2D eigenvalue weighted by atomic mass is 9.89. The zero-order valence-electron chi connectivity index (χ0n) is 14.1. The number of ether oxygens (including phenoxy) is 1. The molecule has 0 aliphatic heterocycles. The smallest absolute Gasteiger partial charge is 0.243 e. The number of nitrogens with zero attached hydrogens (tertiary/aromatic N) is 2. The number of amides is 1. The standard InChI is InChI=1S/C15H30N4O2.HI/c1-19(2)14(20)12-18-15(16-9-10-21-3)17-11-13-7-5-4-6-8-13;/h13H,4-12H2,1-3H3,(H2,16,17,18);1H. The maximum atomic E-state index is 11.6. The average Bonchev–Trinajstić information content (AvgIpc) is 2.50. The van der Waals surface area contributed by atoms with Gasteiger partial charge in [0.2, 0.25) is 5.91 Å². The van der Waals surface area contributed by atoms with Crippen molar-refractivity contribution in [3.05, 3.63) is 0 Å². The number of likely N-dealkylation sites (N-methyl/N-ethyl adjacent to an activating group) is 1. The second-order valence-electron chi connectivity index (χ2n) is 5.76. The summed E-state index contributed by atoms with van der Waals surface area (Å²) in [6.45, 7) is 2.39. The van der Waals surface area contributed by atoms with E-state index in [-0.39, 0.29) is 36.4 Å². The first kappa shape index (κ1) is 21.4. The van der Waals surface area contributed by atoms with Gasteiger partial charge >= 0.3 is 0 Å². The summed E-state index contributed by atoms with van der Waals surface area (Å²) in [6.07, 6.45) is 6.59. The molecule has 1 amide bonds. The van der Waals surface area contributed by atoms with E-state index >= 15 is 0 Å². The lowest BCUT2D eigenvalue weighted by Crippen LogP contribution is -2.42. The summed E-state index contributed by atoms with van der Waals surface area (Å²) in [7, 11) is 5.15. The Labute approximate surface area is 151 Å². The molecule has 0 aromatic heterocycles. The Bertz CT molecular complexity index is 332. The number of halogens is 1. The predicted molar refractivity (Wildman–Crippen MR) is 101 cm³/mol. The summed E-state index contributed by atoms with van der Waals surface area (Å²) in [5.74, 6) is 1.42. The molecule has 130 valence electrons. The molecule has 0 radical (unpaired) electrons. The number of methoxy groups -OCH3 is 1. The molecule has 0 spiro atoms. The molecule has 6 nitrogen and oxygen atoms in total. The summed E-state index contributed by atoms with van der Waals surface area (Å²) in [6, 6.07) is 0. The molecular formula is C15H31IN4O2. The molecule has 1 fully saturated rings. The molecule has 0 aromatic rings. The van der Waals surface area contributed by atoms with Crippen LogP contribution in [0.1, 0.15) is 32.1 Å². The molecule has 1 rings (SSSR count). The third-order valence-corrected chi connectivity index (χ3v) is 3.75. The Morgan fingerprint density at radius 3 is 2.50 bits per heavy atom. The molecule has 0 unspecified atom stereocenters. The first-order chi connectivity index (χ1) is 10.1. The highest BCUT2D eigenvalue weighted by Crippen LogP contribution is 2.22. The second-order valence-corrected chi connectivity index (χ2v) is 5.76. The van der Waals surface area contributed by atoms with Crippen molar-refractivity contribution in [2.45, 2.75) is 32.1 Å². The van der Waals surface area contributed by atoms with Crippen molar-refractivity contribution in [1.29, 1.82) is 0 Å². The van der Waals surface area contributed by atoms with Crippen LogP contribution in [0.2, 0.25) is 0 Å². The van der Waals surface area contributed by atoms with Crippen LogP contribution >= 0.6 is 24.0 Å². The molecule has 1 aliphatic carbocycles. The Kier molecular flexibility index (Phi) is 12.6. The summed E-state index contributed by atoms with van der Waals surface area (Å²) >= 11 is 0. The van der Waals surface area contributed by atoms with Crippen LogP contribution in [0.25, 0.3) is 0 Å². The van der Waals surface area contributed by atoms with Crippen LogP contribution in [0.4, 0.5) is 0 Å². The van der Waals surface area contributed by atoms with Crippen molar-refractivity contribution < 1.29 is 9.53 Å². The average molecular weight is 426 g/mol. The fourth-order valence-corrected chi connectivity index (χ4v) is 2.37. The van der Waals surface area contributed by atoms with E-state index in [0.29, 0.717) is 19.1 Å². The van der Waals surface area contributed by atoms with Crippen LogP contribution < -0.4 is 10.6 Å². The minimum Gasteiger partial charge on any atom is -0.383 e. The van der Waals surface area contributed by atoms with Gasteiger partial charge in [-0.2, -0.15) is 0 Å². The first-order valence-corrected chi connectivity index (χ1v) is 7.84. The third-order valence-electron chi connectivity index (χ3n) is 3.75. The van der Waals surface area contributed by atoms with E-state index in [2.05, 4.69) is 15.6 Å². The van der Waals surface area contributed by atoms with Gasteiger partial charge in [-0.05, 0) is 18.8 Å². The van der Waals surface area contributed by atoms with Crippen LogP contribution in [0.15, 0.2) is 4.99 Å². The molecule has 7 heteroatoms. The van der Waals surface area contributed by atoms with E-state index in [1.165, 1.54) is 32.1 Å².